The van der Waals surface area contributed by atoms with E-state index in [9.17, 15) is 17.6 Å². The Balaban J connectivity index is 2.04. The number of benzene rings is 2. The Morgan fingerprint density at radius 2 is 1.66 bits per heavy atom. The van der Waals surface area contributed by atoms with Crippen LogP contribution in [-0.4, -0.2) is 20.4 Å². The predicted octanol–water partition coefficient (Wildman–Crippen LogP) is 5.34. The number of halogens is 3. The second-order valence-corrected chi connectivity index (χ2v) is 10.3. The minimum atomic E-state index is -4.11. The molecular formula is C21H22Cl2FNO3S. The maximum absolute atomic E-state index is 14.7. The lowest BCUT2D eigenvalue weighted by molar-refractivity contribution is -0.125. The van der Waals surface area contributed by atoms with Crippen LogP contribution >= 0.6 is 23.2 Å². The van der Waals surface area contributed by atoms with E-state index < -0.39 is 32.7 Å². The van der Waals surface area contributed by atoms with E-state index in [4.69, 9.17) is 23.2 Å². The Hall–Kier alpha value is -1.63. The largest absolute Gasteiger partial charge is 0.353 e. The van der Waals surface area contributed by atoms with Crippen molar-refractivity contribution in [2.75, 3.05) is 0 Å². The Kier molecular flexibility index (Phi) is 6.87. The van der Waals surface area contributed by atoms with Crippen molar-refractivity contribution >= 4 is 38.9 Å². The summed E-state index contributed by atoms with van der Waals surface area (Å²) in [5.74, 6) is -2.17. The van der Waals surface area contributed by atoms with Gasteiger partial charge >= 0.3 is 0 Å². The van der Waals surface area contributed by atoms with Crippen molar-refractivity contribution in [2.45, 2.75) is 48.8 Å². The molecule has 1 N–H and O–H groups in total. The first-order valence-electron chi connectivity index (χ1n) is 9.45. The smallest absolute Gasteiger partial charge is 0.224 e. The molecule has 2 aromatic carbocycles. The van der Waals surface area contributed by atoms with Gasteiger partial charge in [0.1, 0.15) is 11.1 Å². The van der Waals surface area contributed by atoms with E-state index in [1.165, 1.54) is 43.3 Å². The van der Waals surface area contributed by atoms with Gasteiger partial charge in [-0.15, -0.1) is 0 Å². The third-order valence-electron chi connectivity index (χ3n) is 5.31. The van der Waals surface area contributed by atoms with Crippen molar-refractivity contribution < 1.29 is 17.6 Å². The first-order valence-corrected chi connectivity index (χ1v) is 11.7. The molecule has 1 saturated carbocycles. The molecule has 3 rings (SSSR count). The van der Waals surface area contributed by atoms with Gasteiger partial charge in [0.2, 0.25) is 5.91 Å². The zero-order valence-electron chi connectivity index (χ0n) is 15.9. The molecule has 1 aliphatic rings. The molecule has 8 heteroatoms. The molecule has 0 aromatic heterocycles. The minimum Gasteiger partial charge on any atom is -0.353 e. The molecule has 156 valence electrons. The van der Waals surface area contributed by atoms with Crippen LogP contribution in [0.2, 0.25) is 10.0 Å². The van der Waals surface area contributed by atoms with Crippen LogP contribution in [0.1, 0.15) is 43.4 Å². The molecule has 29 heavy (non-hydrogen) atoms. The second kappa shape index (κ2) is 9.02. The highest BCUT2D eigenvalue weighted by atomic mass is 35.5. The highest BCUT2D eigenvalue weighted by Gasteiger charge is 2.39. The number of carbonyl (C=O) groups excluding carboxylic acids is 1. The van der Waals surface area contributed by atoms with Crippen LogP contribution in [0.5, 0.6) is 0 Å². The quantitative estimate of drug-likeness (QED) is 0.636. The van der Waals surface area contributed by atoms with Crippen LogP contribution in [0.25, 0.3) is 0 Å². The van der Waals surface area contributed by atoms with Crippen LogP contribution in [0.4, 0.5) is 4.39 Å². The van der Waals surface area contributed by atoms with E-state index in [2.05, 4.69) is 5.32 Å². The molecule has 1 fully saturated rings. The van der Waals surface area contributed by atoms with Gasteiger partial charge in [-0.3, -0.25) is 4.79 Å². The standard InChI is InChI=1S/C21H22Cl2FNO3S/c1-13(21(26)25-16-4-2-3-5-16)20(18-12-15(23)8-11-19(18)24)29(27,28)17-9-6-14(22)7-10-17/h6-13,16,20H,2-5H2,1H3,(H,25,26)/t13-,20?/m0/s1. The van der Waals surface area contributed by atoms with E-state index in [1.54, 1.807) is 0 Å². The van der Waals surface area contributed by atoms with E-state index in [1.807, 2.05) is 0 Å². The molecule has 2 aromatic rings. The summed E-state index contributed by atoms with van der Waals surface area (Å²) in [7, 11) is -4.11. The van der Waals surface area contributed by atoms with Gasteiger partial charge in [0, 0.05) is 21.7 Å². The topological polar surface area (TPSA) is 63.2 Å². The SMILES string of the molecule is C[C@H](C(=O)NC1CCCC1)C(c1cc(Cl)ccc1F)S(=O)(=O)c1ccc(Cl)cc1. The van der Waals surface area contributed by atoms with Gasteiger partial charge in [-0.25, -0.2) is 12.8 Å². The first-order chi connectivity index (χ1) is 13.7. The van der Waals surface area contributed by atoms with Gasteiger partial charge in [-0.05, 0) is 55.3 Å². The molecule has 0 bridgehead atoms. The highest BCUT2D eigenvalue weighted by Crippen LogP contribution is 2.38. The average molecular weight is 458 g/mol. The van der Waals surface area contributed by atoms with E-state index in [0.29, 0.717) is 5.02 Å². The number of sulfone groups is 1. The van der Waals surface area contributed by atoms with Gasteiger partial charge < -0.3 is 5.32 Å². The van der Waals surface area contributed by atoms with Crippen molar-refractivity contribution in [3.63, 3.8) is 0 Å². The van der Waals surface area contributed by atoms with Crippen molar-refractivity contribution in [2.24, 2.45) is 5.92 Å². The normalized spacial score (nSPS) is 17.1. The fourth-order valence-corrected chi connectivity index (χ4v) is 6.04. The maximum Gasteiger partial charge on any atom is 0.224 e. The highest BCUT2D eigenvalue weighted by molar-refractivity contribution is 7.91. The number of nitrogens with one attached hydrogen (secondary N) is 1. The average Bonchev–Trinajstić information content (AvgIpc) is 3.18. The summed E-state index contributed by atoms with van der Waals surface area (Å²) in [6, 6.07) is 9.36. The van der Waals surface area contributed by atoms with Gasteiger partial charge in [0.15, 0.2) is 9.84 Å². The van der Waals surface area contributed by atoms with Crippen LogP contribution in [0.15, 0.2) is 47.4 Å². The first kappa shape index (κ1) is 22.1. The van der Waals surface area contributed by atoms with Crippen molar-refractivity contribution in [3.8, 4) is 0 Å². The third kappa shape index (κ3) is 4.93. The Morgan fingerprint density at radius 1 is 1.07 bits per heavy atom. The van der Waals surface area contributed by atoms with Gasteiger partial charge in [-0.1, -0.05) is 43.0 Å². The monoisotopic (exact) mass is 457 g/mol. The van der Waals surface area contributed by atoms with Crippen molar-refractivity contribution in [1.82, 2.24) is 5.32 Å². The summed E-state index contributed by atoms with van der Waals surface area (Å²) >= 11 is 11.9. The number of amides is 1. The Morgan fingerprint density at radius 3 is 2.28 bits per heavy atom. The lowest BCUT2D eigenvalue weighted by atomic mass is 9.98. The summed E-state index contributed by atoms with van der Waals surface area (Å²) in [5, 5.41) is 2.06. The molecule has 0 aliphatic heterocycles. The fourth-order valence-electron chi connectivity index (χ4n) is 3.75. The van der Waals surface area contributed by atoms with Crippen molar-refractivity contribution in [1.29, 1.82) is 0 Å². The van der Waals surface area contributed by atoms with E-state index in [0.717, 1.165) is 31.7 Å². The summed E-state index contributed by atoms with van der Waals surface area (Å²) in [6.45, 7) is 1.50. The number of hydrogen-bond acceptors (Lipinski definition) is 3. The summed E-state index contributed by atoms with van der Waals surface area (Å²) in [6.07, 6.45) is 3.76. The molecule has 2 atom stereocenters. The second-order valence-electron chi connectivity index (χ2n) is 7.36. The van der Waals surface area contributed by atoms with Gasteiger partial charge in [0.05, 0.1) is 10.8 Å². The zero-order valence-corrected chi connectivity index (χ0v) is 18.2. The van der Waals surface area contributed by atoms with Gasteiger partial charge in [0.25, 0.3) is 0 Å². The Bertz CT molecular complexity index is 989. The molecule has 0 heterocycles. The number of carbonyl (C=O) groups is 1. The summed E-state index contributed by atoms with van der Waals surface area (Å²) in [5.41, 5.74) is -0.124. The van der Waals surface area contributed by atoms with Crippen LogP contribution in [0, 0.1) is 11.7 Å². The zero-order chi connectivity index (χ0) is 21.2. The molecule has 0 saturated heterocycles. The fraction of sp³-hybridized carbons (Fsp3) is 0.381. The van der Waals surface area contributed by atoms with Crippen LogP contribution in [-0.2, 0) is 14.6 Å². The lowest BCUT2D eigenvalue weighted by Gasteiger charge is -2.26. The molecule has 1 amide bonds. The van der Waals surface area contributed by atoms with Crippen LogP contribution in [0.3, 0.4) is 0 Å². The van der Waals surface area contributed by atoms with Gasteiger partial charge in [-0.2, -0.15) is 0 Å². The van der Waals surface area contributed by atoms with Crippen molar-refractivity contribution in [3.05, 3.63) is 63.9 Å². The molecule has 0 spiro atoms. The maximum atomic E-state index is 14.7. The predicted molar refractivity (Wildman–Crippen MR) is 112 cm³/mol. The lowest BCUT2D eigenvalue weighted by Crippen LogP contribution is -2.40. The summed E-state index contributed by atoms with van der Waals surface area (Å²) < 4.78 is 41.6. The minimum absolute atomic E-state index is 0.0213. The third-order valence-corrected chi connectivity index (χ3v) is 8.06. The van der Waals surface area contributed by atoms with E-state index >= 15 is 0 Å². The molecule has 4 nitrogen and oxygen atoms in total. The molecular weight excluding hydrogens is 436 g/mol. The van der Waals surface area contributed by atoms with E-state index in [-0.39, 0.29) is 21.5 Å². The molecule has 1 unspecified atom stereocenters. The molecule has 1 aliphatic carbocycles. The van der Waals surface area contributed by atoms with Crippen LogP contribution < -0.4 is 5.32 Å². The Labute approximate surface area is 180 Å². The number of rotatable bonds is 6. The molecule has 0 radical (unpaired) electrons. The summed E-state index contributed by atoms with van der Waals surface area (Å²) in [4.78, 5) is 12.9. The number of hydrogen-bond donors (Lipinski definition) is 1.